The minimum atomic E-state index is 0.269. The second-order valence-electron chi connectivity index (χ2n) is 4.97. The van der Waals surface area contributed by atoms with E-state index in [1.54, 1.807) is 0 Å². The van der Waals surface area contributed by atoms with Gasteiger partial charge >= 0.3 is 0 Å². The second kappa shape index (κ2) is 5.61. The Hall–Kier alpha value is 0. The van der Waals surface area contributed by atoms with Crippen LogP contribution in [0, 0.1) is 18.3 Å². The Kier molecular flexibility index (Phi) is 5.61. The van der Waals surface area contributed by atoms with Crippen LogP contribution in [0.4, 0.5) is 0 Å². The van der Waals surface area contributed by atoms with Crippen LogP contribution in [0.5, 0.6) is 0 Å². The lowest BCUT2D eigenvalue weighted by Crippen LogP contribution is -2.11. The van der Waals surface area contributed by atoms with Crippen LogP contribution in [0.1, 0.15) is 59.8 Å². The average molecular weight is 169 g/mol. The maximum Gasteiger partial charge on any atom is -0.0351 e. The summed E-state index contributed by atoms with van der Waals surface area (Å²) in [5.41, 5.74) is 0.269. The van der Waals surface area contributed by atoms with E-state index >= 15 is 0 Å². The summed E-state index contributed by atoms with van der Waals surface area (Å²) in [5.74, 6) is 0.851. The van der Waals surface area contributed by atoms with E-state index in [1.807, 2.05) is 0 Å². The highest BCUT2D eigenvalue weighted by Crippen LogP contribution is 2.26. The maximum absolute atomic E-state index is 4.14. The van der Waals surface area contributed by atoms with Crippen LogP contribution in [-0.4, -0.2) is 0 Å². The van der Waals surface area contributed by atoms with Gasteiger partial charge in [-0.15, -0.1) is 0 Å². The molecule has 0 aliphatic rings. The van der Waals surface area contributed by atoms with Crippen molar-refractivity contribution in [1.29, 1.82) is 0 Å². The summed E-state index contributed by atoms with van der Waals surface area (Å²) >= 11 is 0. The summed E-state index contributed by atoms with van der Waals surface area (Å²) in [6.45, 7) is 13.2. The number of hydrogen-bond donors (Lipinski definition) is 0. The van der Waals surface area contributed by atoms with E-state index in [-0.39, 0.29) is 5.41 Å². The molecule has 0 aromatic rings. The topological polar surface area (TPSA) is 0 Å². The number of unbranched alkanes of at least 4 members (excludes halogenated alkanes) is 2. The van der Waals surface area contributed by atoms with Gasteiger partial charge in [0, 0.05) is 0 Å². The highest BCUT2D eigenvalue weighted by Gasteiger charge is 2.14. The first-order chi connectivity index (χ1) is 5.45. The Morgan fingerprint density at radius 3 is 2.25 bits per heavy atom. The van der Waals surface area contributed by atoms with Crippen molar-refractivity contribution in [2.24, 2.45) is 11.3 Å². The van der Waals surface area contributed by atoms with E-state index in [0.29, 0.717) is 0 Å². The van der Waals surface area contributed by atoms with Gasteiger partial charge in [0.05, 0.1) is 0 Å². The smallest absolute Gasteiger partial charge is 0.0351 e. The summed E-state index contributed by atoms with van der Waals surface area (Å²) in [6, 6.07) is 0. The molecular weight excluding hydrogens is 144 g/mol. The quantitative estimate of drug-likeness (QED) is 0.515. The molecule has 0 amide bonds. The van der Waals surface area contributed by atoms with Crippen molar-refractivity contribution < 1.29 is 0 Å². The van der Waals surface area contributed by atoms with Gasteiger partial charge in [0.1, 0.15) is 0 Å². The molecule has 0 aromatic heterocycles. The van der Waals surface area contributed by atoms with Crippen molar-refractivity contribution in [1.82, 2.24) is 0 Å². The van der Waals surface area contributed by atoms with Crippen molar-refractivity contribution in [2.45, 2.75) is 59.8 Å². The van der Waals surface area contributed by atoms with Crippen LogP contribution >= 0.6 is 0 Å². The van der Waals surface area contributed by atoms with Crippen LogP contribution in [0.3, 0.4) is 0 Å². The molecule has 0 aliphatic heterocycles. The lowest BCUT2D eigenvalue weighted by molar-refractivity contribution is 0.325. The van der Waals surface area contributed by atoms with Gasteiger partial charge in [-0.05, 0) is 24.7 Å². The van der Waals surface area contributed by atoms with E-state index < -0.39 is 0 Å². The molecule has 0 bridgehead atoms. The average Bonchev–Trinajstić information content (AvgIpc) is 1.84. The number of rotatable bonds is 6. The molecule has 0 N–H and O–H groups in total. The molecule has 0 rings (SSSR count). The van der Waals surface area contributed by atoms with E-state index in [2.05, 4.69) is 34.6 Å². The molecule has 0 saturated heterocycles. The van der Waals surface area contributed by atoms with Crippen LogP contribution in [-0.2, 0) is 0 Å². The Morgan fingerprint density at radius 2 is 1.83 bits per heavy atom. The van der Waals surface area contributed by atoms with Gasteiger partial charge in [-0.2, -0.15) is 0 Å². The fourth-order valence-electron chi connectivity index (χ4n) is 1.79. The van der Waals surface area contributed by atoms with Gasteiger partial charge in [-0.25, -0.2) is 0 Å². The molecular formula is C12H25. The molecule has 0 saturated carbocycles. The molecule has 0 nitrogen and oxygen atoms in total. The molecule has 0 spiro atoms. The normalized spacial score (nSPS) is 14.8. The van der Waals surface area contributed by atoms with E-state index in [0.717, 1.165) is 5.92 Å². The first-order valence-electron chi connectivity index (χ1n) is 5.31. The van der Waals surface area contributed by atoms with Crippen molar-refractivity contribution in [3.05, 3.63) is 6.92 Å². The largest absolute Gasteiger partial charge is 0.0654 e. The van der Waals surface area contributed by atoms with Crippen LogP contribution in [0.2, 0.25) is 0 Å². The lowest BCUT2D eigenvalue weighted by Gasteiger charge is -2.22. The standard InChI is InChI=1S/C12H25/c1-6-7-8-9-11(2)10-12(3,4)5/h11H,3,6-10H2,1-2,4-5H3. The molecule has 12 heavy (non-hydrogen) atoms. The second-order valence-corrected chi connectivity index (χ2v) is 4.97. The Labute approximate surface area is 78.8 Å². The summed E-state index contributed by atoms with van der Waals surface area (Å²) < 4.78 is 0. The first kappa shape index (κ1) is 12.0. The first-order valence-corrected chi connectivity index (χ1v) is 5.31. The van der Waals surface area contributed by atoms with Gasteiger partial charge in [0.2, 0.25) is 0 Å². The Balaban J connectivity index is 3.40. The molecule has 0 fully saturated rings. The van der Waals surface area contributed by atoms with Crippen molar-refractivity contribution in [3.63, 3.8) is 0 Å². The van der Waals surface area contributed by atoms with Gasteiger partial charge in [0.15, 0.2) is 0 Å². The molecule has 1 radical (unpaired) electrons. The zero-order valence-electron chi connectivity index (χ0n) is 9.32. The van der Waals surface area contributed by atoms with Crippen LogP contribution in [0.15, 0.2) is 0 Å². The Bertz CT molecular complexity index is 97.1. The summed E-state index contributed by atoms with van der Waals surface area (Å²) in [5, 5.41) is 0. The van der Waals surface area contributed by atoms with Crippen molar-refractivity contribution >= 4 is 0 Å². The van der Waals surface area contributed by atoms with Crippen LogP contribution in [0.25, 0.3) is 0 Å². The lowest BCUT2D eigenvalue weighted by atomic mass is 9.83. The van der Waals surface area contributed by atoms with Crippen LogP contribution < -0.4 is 0 Å². The minimum absolute atomic E-state index is 0.269. The number of hydrogen-bond acceptors (Lipinski definition) is 0. The van der Waals surface area contributed by atoms with Crippen molar-refractivity contribution in [3.8, 4) is 0 Å². The summed E-state index contributed by atoms with van der Waals surface area (Å²) in [4.78, 5) is 0. The SMILES string of the molecule is [CH2]C(C)(C)CC(C)CCCCC. The summed E-state index contributed by atoms with van der Waals surface area (Å²) in [7, 11) is 0. The Morgan fingerprint density at radius 1 is 1.25 bits per heavy atom. The fraction of sp³-hybridized carbons (Fsp3) is 0.917. The minimum Gasteiger partial charge on any atom is -0.0654 e. The third kappa shape index (κ3) is 8.10. The summed E-state index contributed by atoms with van der Waals surface area (Å²) in [6.07, 6.45) is 6.76. The monoisotopic (exact) mass is 169 g/mol. The predicted octanol–water partition coefficient (Wildman–Crippen LogP) is 4.45. The fourth-order valence-corrected chi connectivity index (χ4v) is 1.79. The molecule has 0 heterocycles. The highest BCUT2D eigenvalue weighted by molar-refractivity contribution is 4.73. The van der Waals surface area contributed by atoms with Gasteiger partial charge in [-0.1, -0.05) is 53.4 Å². The van der Waals surface area contributed by atoms with E-state index in [4.69, 9.17) is 0 Å². The van der Waals surface area contributed by atoms with E-state index in [1.165, 1.54) is 32.1 Å². The molecule has 0 heteroatoms. The predicted molar refractivity (Wildman–Crippen MR) is 57.1 cm³/mol. The molecule has 1 atom stereocenters. The molecule has 0 aromatic carbocycles. The zero-order chi connectivity index (χ0) is 9.61. The van der Waals surface area contributed by atoms with Gasteiger partial charge in [-0.3, -0.25) is 0 Å². The molecule has 1 unspecified atom stereocenters. The van der Waals surface area contributed by atoms with Gasteiger partial charge in [0.25, 0.3) is 0 Å². The van der Waals surface area contributed by atoms with E-state index in [9.17, 15) is 0 Å². The molecule has 0 aliphatic carbocycles. The third-order valence-electron chi connectivity index (χ3n) is 2.20. The maximum atomic E-state index is 4.14. The highest BCUT2D eigenvalue weighted by atomic mass is 14.2. The van der Waals surface area contributed by atoms with Gasteiger partial charge < -0.3 is 0 Å². The molecule has 73 valence electrons. The third-order valence-corrected chi connectivity index (χ3v) is 2.20. The van der Waals surface area contributed by atoms with Crippen molar-refractivity contribution in [2.75, 3.05) is 0 Å². The zero-order valence-corrected chi connectivity index (χ0v) is 9.32.